The summed E-state index contributed by atoms with van der Waals surface area (Å²) in [5, 5.41) is 3.17. The molecule has 5 nitrogen and oxygen atoms in total. The number of sulfonamides is 1. The van der Waals surface area contributed by atoms with Gasteiger partial charge in [0.05, 0.1) is 10.8 Å². The molecule has 1 N–H and O–H groups in total. The van der Waals surface area contributed by atoms with E-state index in [0.29, 0.717) is 11.4 Å². The van der Waals surface area contributed by atoms with Crippen molar-refractivity contribution in [2.24, 2.45) is 5.92 Å². The monoisotopic (exact) mass is 392 g/mol. The van der Waals surface area contributed by atoms with E-state index in [-0.39, 0.29) is 24.4 Å². The Morgan fingerprint density at radius 1 is 1.00 bits per heavy atom. The number of hydrogen-bond acceptors (Lipinski definition) is 3. The molecular weight excluding hydrogens is 360 g/mol. The van der Waals surface area contributed by atoms with Crippen LogP contribution in [-0.2, 0) is 14.8 Å². The van der Waals surface area contributed by atoms with E-state index in [9.17, 15) is 13.2 Å². The molecule has 0 bridgehead atoms. The number of rotatable bonds is 4. The molecule has 1 atom stereocenters. The first kappa shape index (κ1) is 20.3. The molecule has 0 radical (unpaired) electrons. The highest BCUT2D eigenvalue weighted by atomic mass is 32.2. The fraction of sp³-hybridized carbons (Fsp3) is 0.667. The Morgan fingerprint density at radius 3 is 2.26 bits per heavy atom. The van der Waals surface area contributed by atoms with Gasteiger partial charge in [0.2, 0.25) is 15.9 Å². The van der Waals surface area contributed by atoms with Gasteiger partial charge in [-0.05, 0) is 57.6 Å². The summed E-state index contributed by atoms with van der Waals surface area (Å²) in [4.78, 5) is 13.1. The number of nitrogens with one attached hydrogen (secondary N) is 1. The van der Waals surface area contributed by atoms with E-state index in [1.807, 2.05) is 32.9 Å². The fourth-order valence-electron chi connectivity index (χ4n) is 4.64. The fourth-order valence-corrected chi connectivity index (χ4v) is 6.58. The van der Waals surface area contributed by atoms with Gasteiger partial charge >= 0.3 is 0 Å². The summed E-state index contributed by atoms with van der Waals surface area (Å²) in [5.74, 6) is -0.222. The van der Waals surface area contributed by atoms with Crippen LogP contribution in [0.5, 0.6) is 0 Å². The van der Waals surface area contributed by atoms with Gasteiger partial charge in [0.1, 0.15) is 0 Å². The van der Waals surface area contributed by atoms with Gasteiger partial charge in [0, 0.05) is 19.1 Å². The Labute approximate surface area is 163 Å². The Kier molecular flexibility index (Phi) is 6.26. The lowest BCUT2D eigenvalue weighted by Gasteiger charge is -2.33. The quantitative estimate of drug-likeness (QED) is 0.853. The normalized spacial score (nSPS) is 22.6. The van der Waals surface area contributed by atoms with Crippen molar-refractivity contribution in [3.8, 4) is 0 Å². The molecule has 27 heavy (non-hydrogen) atoms. The minimum Gasteiger partial charge on any atom is -0.353 e. The molecule has 1 aliphatic carbocycles. The van der Waals surface area contributed by atoms with Crippen molar-refractivity contribution < 1.29 is 13.2 Å². The molecule has 1 amide bonds. The predicted molar refractivity (Wildman–Crippen MR) is 107 cm³/mol. The van der Waals surface area contributed by atoms with Crippen molar-refractivity contribution in [3.05, 3.63) is 28.8 Å². The van der Waals surface area contributed by atoms with Crippen molar-refractivity contribution in [1.29, 1.82) is 0 Å². The lowest BCUT2D eigenvalue weighted by molar-refractivity contribution is -0.127. The van der Waals surface area contributed by atoms with Crippen molar-refractivity contribution in [2.45, 2.75) is 76.7 Å². The van der Waals surface area contributed by atoms with Crippen LogP contribution in [0.1, 0.15) is 61.6 Å². The van der Waals surface area contributed by atoms with Gasteiger partial charge in [-0.3, -0.25) is 4.79 Å². The van der Waals surface area contributed by atoms with Crippen LogP contribution in [0.25, 0.3) is 0 Å². The summed E-state index contributed by atoms with van der Waals surface area (Å²) in [6.07, 6.45) is 7.16. The molecule has 6 heteroatoms. The molecule has 150 valence electrons. The molecule has 0 spiro atoms. The zero-order chi connectivity index (χ0) is 19.6. The van der Waals surface area contributed by atoms with Crippen molar-refractivity contribution in [1.82, 2.24) is 9.62 Å². The summed E-state index contributed by atoms with van der Waals surface area (Å²) in [7, 11) is -3.59. The summed E-state index contributed by atoms with van der Waals surface area (Å²) < 4.78 is 28.1. The second-order valence-corrected chi connectivity index (χ2v) is 10.1. The van der Waals surface area contributed by atoms with Crippen molar-refractivity contribution >= 4 is 15.9 Å². The molecule has 1 aromatic rings. The maximum Gasteiger partial charge on any atom is 0.243 e. The highest BCUT2D eigenvalue weighted by Gasteiger charge is 2.35. The lowest BCUT2D eigenvalue weighted by atomic mass is 9.93. The van der Waals surface area contributed by atoms with Crippen LogP contribution < -0.4 is 5.32 Å². The van der Waals surface area contributed by atoms with Crippen molar-refractivity contribution in [3.63, 3.8) is 0 Å². The maximum absolute atomic E-state index is 13.3. The minimum absolute atomic E-state index is 0.0270. The van der Waals surface area contributed by atoms with E-state index < -0.39 is 10.0 Å². The second kappa shape index (κ2) is 8.31. The average Bonchev–Trinajstić information content (AvgIpc) is 2.61. The zero-order valence-corrected chi connectivity index (χ0v) is 17.6. The largest absolute Gasteiger partial charge is 0.353 e. The topological polar surface area (TPSA) is 66.5 Å². The van der Waals surface area contributed by atoms with Gasteiger partial charge in [0.15, 0.2) is 0 Å². The van der Waals surface area contributed by atoms with Gasteiger partial charge in [0.25, 0.3) is 0 Å². The van der Waals surface area contributed by atoms with Gasteiger partial charge < -0.3 is 5.32 Å². The molecule has 0 unspecified atom stereocenters. The number of piperidine rings is 1. The van der Waals surface area contributed by atoms with Crippen LogP contribution in [0.4, 0.5) is 0 Å². The maximum atomic E-state index is 13.3. The highest BCUT2D eigenvalue weighted by molar-refractivity contribution is 7.89. The molecule has 1 heterocycles. The molecule has 2 fully saturated rings. The summed E-state index contributed by atoms with van der Waals surface area (Å²) in [5.41, 5.74) is 2.62. The summed E-state index contributed by atoms with van der Waals surface area (Å²) in [6, 6.07) is 4.09. The Hall–Kier alpha value is -1.40. The van der Waals surface area contributed by atoms with Crippen LogP contribution >= 0.6 is 0 Å². The predicted octanol–water partition coefficient (Wildman–Crippen LogP) is 3.46. The molecule has 1 saturated carbocycles. The second-order valence-electron chi connectivity index (χ2n) is 8.27. The van der Waals surface area contributed by atoms with E-state index in [1.165, 1.54) is 23.6 Å². The Bertz CT molecular complexity index is 775. The van der Waals surface area contributed by atoms with Crippen LogP contribution in [0, 0.1) is 26.7 Å². The third-order valence-electron chi connectivity index (χ3n) is 5.91. The number of benzene rings is 1. The van der Waals surface area contributed by atoms with Crippen LogP contribution in [0.15, 0.2) is 17.0 Å². The first-order valence-electron chi connectivity index (χ1n) is 10.2. The lowest BCUT2D eigenvalue weighted by Crippen LogP contribution is -2.48. The van der Waals surface area contributed by atoms with Gasteiger partial charge in [-0.1, -0.05) is 37.0 Å². The number of carbonyl (C=O) groups excluding carboxylic acids is 1. The average molecular weight is 393 g/mol. The number of hydrogen-bond donors (Lipinski definition) is 1. The number of nitrogens with zero attached hydrogens (tertiary/aromatic N) is 1. The van der Waals surface area contributed by atoms with E-state index in [2.05, 4.69) is 5.32 Å². The van der Waals surface area contributed by atoms with E-state index in [4.69, 9.17) is 0 Å². The third kappa shape index (κ3) is 4.54. The summed E-state index contributed by atoms with van der Waals surface area (Å²) >= 11 is 0. The standard InChI is InChI=1S/C21H32N2O3S/c1-15-12-16(2)20(17(3)13-15)27(25,26)23-11-7-8-18(14-23)21(24)22-19-9-5-4-6-10-19/h12-13,18-19H,4-11,14H2,1-3H3,(H,22,24)/t18-/m0/s1. The third-order valence-corrected chi connectivity index (χ3v) is 8.08. The summed E-state index contributed by atoms with van der Waals surface area (Å²) in [6.45, 7) is 6.45. The van der Waals surface area contributed by atoms with Gasteiger partial charge in [-0.15, -0.1) is 0 Å². The molecule has 1 aromatic carbocycles. The van der Waals surface area contributed by atoms with Gasteiger partial charge in [-0.2, -0.15) is 4.31 Å². The van der Waals surface area contributed by atoms with Gasteiger partial charge in [-0.25, -0.2) is 8.42 Å². The molecular formula is C21H32N2O3S. The first-order valence-corrected chi connectivity index (χ1v) is 11.6. The van der Waals surface area contributed by atoms with E-state index >= 15 is 0 Å². The molecule has 3 rings (SSSR count). The van der Waals surface area contributed by atoms with E-state index in [0.717, 1.165) is 42.4 Å². The molecule has 0 aromatic heterocycles. The number of carbonyl (C=O) groups is 1. The van der Waals surface area contributed by atoms with Crippen LogP contribution in [-0.4, -0.2) is 37.8 Å². The zero-order valence-electron chi connectivity index (χ0n) is 16.8. The van der Waals surface area contributed by atoms with Crippen LogP contribution in [0.3, 0.4) is 0 Å². The molecule has 1 saturated heterocycles. The minimum atomic E-state index is -3.59. The Morgan fingerprint density at radius 2 is 1.63 bits per heavy atom. The SMILES string of the molecule is Cc1cc(C)c(S(=O)(=O)N2CCC[C@H](C(=O)NC3CCCCC3)C2)c(C)c1. The smallest absolute Gasteiger partial charge is 0.243 e. The molecule has 2 aliphatic rings. The number of aryl methyl sites for hydroxylation is 3. The molecule has 1 aliphatic heterocycles. The first-order chi connectivity index (χ1) is 12.8. The Balaban J connectivity index is 1.74. The number of amides is 1. The van der Waals surface area contributed by atoms with Crippen molar-refractivity contribution in [2.75, 3.05) is 13.1 Å². The van der Waals surface area contributed by atoms with Crippen LogP contribution in [0.2, 0.25) is 0 Å². The van der Waals surface area contributed by atoms with E-state index in [1.54, 1.807) is 0 Å². The highest BCUT2D eigenvalue weighted by Crippen LogP contribution is 2.29.